The van der Waals surface area contributed by atoms with Crippen molar-refractivity contribution >= 4 is 33.8 Å². The molecule has 3 heteroatoms. The standard InChI is InChI=1S/C18H14FPS/c19-15-11-13-18(14-12-15)20(21,16-7-3-1-4-8-16)17-9-5-2-6-10-17/h1-14H. The van der Waals surface area contributed by atoms with E-state index in [1.54, 1.807) is 0 Å². The minimum atomic E-state index is -2.13. The van der Waals surface area contributed by atoms with Crippen molar-refractivity contribution in [1.82, 2.24) is 0 Å². The lowest BCUT2D eigenvalue weighted by molar-refractivity contribution is 0.628. The second-order valence-electron chi connectivity index (χ2n) is 4.76. The lowest BCUT2D eigenvalue weighted by atomic mass is 10.3. The van der Waals surface area contributed by atoms with E-state index < -0.39 is 6.04 Å². The second kappa shape index (κ2) is 5.93. The van der Waals surface area contributed by atoms with Crippen LogP contribution in [0, 0.1) is 5.82 Å². The highest BCUT2D eigenvalue weighted by Crippen LogP contribution is 2.42. The summed E-state index contributed by atoms with van der Waals surface area (Å²) in [5.74, 6) is -0.235. The Hall–Kier alpha value is -1.76. The van der Waals surface area contributed by atoms with E-state index in [1.807, 2.05) is 48.5 Å². The van der Waals surface area contributed by atoms with Gasteiger partial charge in [0.25, 0.3) is 0 Å². The summed E-state index contributed by atoms with van der Waals surface area (Å²) >= 11 is 6.13. The van der Waals surface area contributed by atoms with Crippen LogP contribution in [-0.4, -0.2) is 0 Å². The molecule has 0 unspecified atom stereocenters. The molecule has 0 saturated heterocycles. The van der Waals surface area contributed by atoms with E-state index in [0.29, 0.717) is 0 Å². The first-order valence-electron chi connectivity index (χ1n) is 6.69. The van der Waals surface area contributed by atoms with Crippen molar-refractivity contribution in [3.63, 3.8) is 0 Å². The summed E-state index contributed by atoms with van der Waals surface area (Å²) in [6.45, 7) is 0. The van der Waals surface area contributed by atoms with E-state index in [1.165, 1.54) is 12.1 Å². The SMILES string of the molecule is Fc1ccc(P(=S)(c2ccccc2)c2ccccc2)cc1. The summed E-state index contributed by atoms with van der Waals surface area (Å²) in [6, 6.07) is 24.7. The Kier molecular flexibility index (Phi) is 4.01. The number of benzene rings is 3. The molecule has 3 aromatic carbocycles. The highest BCUT2D eigenvalue weighted by atomic mass is 32.4. The predicted octanol–water partition coefficient (Wildman–Crippen LogP) is 3.58. The molecule has 21 heavy (non-hydrogen) atoms. The Morgan fingerprint density at radius 2 is 0.952 bits per heavy atom. The van der Waals surface area contributed by atoms with Crippen molar-refractivity contribution in [2.45, 2.75) is 0 Å². The molecule has 0 aliphatic carbocycles. The van der Waals surface area contributed by atoms with Crippen LogP contribution in [0.1, 0.15) is 0 Å². The first kappa shape index (κ1) is 14.2. The first-order chi connectivity index (χ1) is 10.2. The first-order valence-corrected chi connectivity index (χ1v) is 9.49. The lowest BCUT2D eigenvalue weighted by Crippen LogP contribution is -2.24. The van der Waals surface area contributed by atoms with Crippen LogP contribution in [-0.2, 0) is 11.8 Å². The van der Waals surface area contributed by atoms with E-state index in [4.69, 9.17) is 11.8 Å². The molecule has 0 fully saturated rings. The van der Waals surface area contributed by atoms with Crippen molar-refractivity contribution in [2.24, 2.45) is 0 Å². The molecule has 0 atom stereocenters. The predicted molar refractivity (Wildman–Crippen MR) is 92.5 cm³/mol. The largest absolute Gasteiger partial charge is 0.207 e. The van der Waals surface area contributed by atoms with Gasteiger partial charge in [0.05, 0.1) is 0 Å². The topological polar surface area (TPSA) is 0 Å². The number of hydrogen-bond donors (Lipinski definition) is 0. The molecule has 0 aliphatic rings. The molecule has 0 bridgehead atoms. The van der Waals surface area contributed by atoms with Gasteiger partial charge in [0.15, 0.2) is 0 Å². The fourth-order valence-corrected chi connectivity index (χ4v) is 6.12. The highest BCUT2D eigenvalue weighted by molar-refractivity contribution is 8.25. The molecule has 0 heterocycles. The van der Waals surface area contributed by atoms with Gasteiger partial charge >= 0.3 is 0 Å². The van der Waals surface area contributed by atoms with Gasteiger partial charge in [-0.25, -0.2) is 4.39 Å². The smallest absolute Gasteiger partial charge is 0.123 e. The minimum Gasteiger partial charge on any atom is -0.207 e. The van der Waals surface area contributed by atoms with Crippen molar-refractivity contribution in [2.75, 3.05) is 0 Å². The molecule has 0 amide bonds. The summed E-state index contributed by atoms with van der Waals surface area (Å²) in [4.78, 5) is 0. The molecule has 0 nitrogen and oxygen atoms in total. The Morgan fingerprint density at radius 1 is 0.571 bits per heavy atom. The maximum Gasteiger partial charge on any atom is 0.123 e. The molecular formula is C18H14FPS. The summed E-state index contributed by atoms with van der Waals surface area (Å²) in [7, 11) is 0. The van der Waals surface area contributed by atoms with Gasteiger partial charge in [-0.05, 0) is 28.0 Å². The zero-order chi connectivity index (χ0) is 14.7. The molecule has 3 aromatic rings. The van der Waals surface area contributed by atoms with E-state index in [9.17, 15) is 4.39 Å². The molecule has 0 N–H and O–H groups in total. The number of rotatable bonds is 3. The molecule has 104 valence electrons. The molecular weight excluding hydrogens is 298 g/mol. The number of hydrogen-bond acceptors (Lipinski definition) is 1. The fraction of sp³-hybridized carbons (Fsp3) is 0. The summed E-state index contributed by atoms with van der Waals surface area (Å²) in [5, 5.41) is 3.26. The highest BCUT2D eigenvalue weighted by Gasteiger charge is 2.24. The van der Waals surface area contributed by atoms with Gasteiger partial charge in [-0.2, -0.15) is 0 Å². The minimum absolute atomic E-state index is 0.235. The fourth-order valence-electron chi connectivity index (χ4n) is 2.37. The molecule has 0 saturated carbocycles. The van der Waals surface area contributed by atoms with Gasteiger partial charge in [0.2, 0.25) is 0 Å². The third-order valence-corrected chi connectivity index (χ3v) is 8.40. The van der Waals surface area contributed by atoms with Crippen LogP contribution in [0.5, 0.6) is 0 Å². The molecule has 0 aromatic heterocycles. The van der Waals surface area contributed by atoms with E-state index in [-0.39, 0.29) is 5.82 Å². The Labute approximate surface area is 129 Å². The van der Waals surface area contributed by atoms with Crippen molar-refractivity contribution in [1.29, 1.82) is 0 Å². The van der Waals surface area contributed by atoms with Crippen molar-refractivity contribution < 1.29 is 4.39 Å². The van der Waals surface area contributed by atoms with Gasteiger partial charge < -0.3 is 0 Å². The van der Waals surface area contributed by atoms with Gasteiger partial charge in [-0.3, -0.25) is 0 Å². The van der Waals surface area contributed by atoms with E-state index in [2.05, 4.69) is 24.3 Å². The second-order valence-corrected chi connectivity index (χ2v) is 9.17. The van der Waals surface area contributed by atoms with Crippen molar-refractivity contribution in [3.8, 4) is 0 Å². The van der Waals surface area contributed by atoms with Crippen LogP contribution >= 0.6 is 6.04 Å². The normalized spacial score (nSPS) is 11.3. The maximum absolute atomic E-state index is 13.3. The third kappa shape index (κ3) is 2.70. The Bertz CT molecular complexity index is 724. The Balaban J connectivity index is 2.26. The average Bonchev–Trinajstić information content (AvgIpc) is 2.56. The summed E-state index contributed by atoms with van der Waals surface area (Å²) in [6.07, 6.45) is 0. The zero-order valence-corrected chi connectivity index (χ0v) is 13.0. The summed E-state index contributed by atoms with van der Waals surface area (Å²) < 4.78 is 13.3. The van der Waals surface area contributed by atoms with Gasteiger partial charge in [0.1, 0.15) is 5.82 Å². The average molecular weight is 312 g/mol. The van der Waals surface area contributed by atoms with Gasteiger partial charge in [-0.1, -0.05) is 84.6 Å². The maximum atomic E-state index is 13.3. The van der Waals surface area contributed by atoms with Gasteiger partial charge in [-0.15, -0.1) is 0 Å². The van der Waals surface area contributed by atoms with Crippen LogP contribution in [0.15, 0.2) is 84.9 Å². The summed E-state index contributed by atoms with van der Waals surface area (Å²) in [5.41, 5.74) is 0. The van der Waals surface area contributed by atoms with E-state index in [0.717, 1.165) is 15.9 Å². The van der Waals surface area contributed by atoms with Crippen molar-refractivity contribution in [3.05, 3.63) is 90.7 Å². The third-order valence-electron chi connectivity index (χ3n) is 3.43. The molecule has 0 radical (unpaired) electrons. The van der Waals surface area contributed by atoms with Crippen LogP contribution in [0.3, 0.4) is 0 Å². The molecule has 0 aliphatic heterocycles. The Morgan fingerprint density at radius 3 is 1.38 bits per heavy atom. The van der Waals surface area contributed by atoms with Crippen LogP contribution in [0.4, 0.5) is 4.39 Å². The quantitative estimate of drug-likeness (QED) is 0.666. The van der Waals surface area contributed by atoms with Crippen LogP contribution < -0.4 is 15.9 Å². The van der Waals surface area contributed by atoms with Crippen LogP contribution in [0.2, 0.25) is 0 Å². The monoisotopic (exact) mass is 312 g/mol. The van der Waals surface area contributed by atoms with Gasteiger partial charge in [0, 0.05) is 6.04 Å². The lowest BCUT2D eigenvalue weighted by Gasteiger charge is -2.24. The van der Waals surface area contributed by atoms with E-state index >= 15 is 0 Å². The van der Waals surface area contributed by atoms with Crippen LogP contribution in [0.25, 0.3) is 0 Å². The zero-order valence-electron chi connectivity index (χ0n) is 11.3. The molecule has 0 spiro atoms. The number of halogens is 1. The molecule has 3 rings (SSSR count).